The Kier molecular flexibility index (Phi) is 3.62. The average Bonchev–Trinajstić information content (AvgIpc) is 1.87. The van der Waals surface area contributed by atoms with Crippen LogP contribution in [0, 0.1) is 5.92 Å². The minimum Gasteiger partial charge on any atom is -0.401 e. The highest BCUT2D eigenvalue weighted by atomic mass is 15.1. The third-order valence-corrected chi connectivity index (χ3v) is 1.31. The summed E-state index contributed by atoms with van der Waals surface area (Å²) in [4.78, 5) is 1.84. The molecule has 0 unspecified atom stereocenters. The summed E-state index contributed by atoms with van der Waals surface area (Å²) in [6, 6.07) is 0. The summed E-state index contributed by atoms with van der Waals surface area (Å²) in [6.45, 7) is 7.72. The van der Waals surface area contributed by atoms with Gasteiger partial charge in [-0.25, -0.2) is 0 Å². The number of nitrogens with zero attached hydrogens (tertiary/aromatic N) is 1. The lowest BCUT2D eigenvalue weighted by Crippen LogP contribution is -2.10. The molecular formula is C8H16N2. The first-order chi connectivity index (χ1) is 4.57. The molecule has 0 aliphatic carbocycles. The van der Waals surface area contributed by atoms with Gasteiger partial charge in [0.05, 0.1) is 0 Å². The molecule has 0 saturated heterocycles. The van der Waals surface area contributed by atoms with Crippen molar-refractivity contribution in [3.8, 4) is 0 Å². The van der Waals surface area contributed by atoms with Crippen LogP contribution in [-0.2, 0) is 0 Å². The van der Waals surface area contributed by atoms with Gasteiger partial charge in [-0.2, -0.15) is 0 Å². The fourth-order valence-electron chi connectivity index (χ4n) is 0.437. The van der Waals surface area contributed by atoms with Gasteiger partial charge in [-0.1, -0.05) is 20.4 Å². The van der Waals surface area contributed by atoms with E-state index in [-0.39, 0.29) is 0 Å². The van der Waals surface area contributed by atoms with Crippen LogP contribution in [0.25, 0.3) is 0 Å². The summed E-state index contributed by atoms with van der Waals surface area (Å²) in [5.74, 6) is 0.405. The van der Waals surface area contributed by atoms with Crippen LogP contribution >= 0.6 is 0 Å². The molecule has 0 fully saturated rings. The van der Waals surface area contributed by atoms with E-state index in [1.165, 1.54) is 0 Å². The highest BCUT2D eigenvalue weighted by molar-refractivity contribution is 4.99. The van der Waals surface area contributed by atoms with E-state index in [1.807, 2.05) is 18.1 Å². The van der Waals surface area contributed by atoms with E-state index in [2.05, 4.69) is 20.4 Å². The lowest BCUT2D eigenvalue weighted by Gasteiger charge is -2.10. The lowest BCUT2D eigenvalue weighted by atomic mass is 10.1. The fourth-order valence-corrected chi connectivity index (χ4v) is 0.437. The minimum atomic E-state index is 0.405. The first-order valence-electron chi connectivity index (χ1n) is 3.39. The third-order valence-electron chi connectivity index (χ3n) is 1.31. The molecule has 0 aromatic rings. The Hall–Kier alpha value is -0.920. The molecule has 0 saturated carbocycles. The van der Waals surface area contributed by atoms with Crippen molar-refractivity contribution in [3.05, 3.63) is 24.7 Å². The molecule has 0 amide bonds. The Bertz CT molecular complexity index is 136. The van der Waals surface area contributed by atoms with Gasteiger partial charge in [0.1, 0.15) is 0 Å². The summed E-state index contributed by atoms with van der Waals surface area (Å²) in [5.41, 5.74) is 6.54. The molecule has 0 bridgehead atoms. The molecule has 2 heteroatoms. The molecule has 0 aliphatic heterocycles. The molecule has 0 aromatic carbocycles. The van der Waals surface area contributed by atoms with E-state index in [4.69, 9.17) is 5.73 Å². The highest BCUT2D eigenvalue weighted by Crippen LogP contribution is 2.02. The Morgan fingerprint density at radius 1 is 1.60 bits per heavy atom. The van der Waals surface area contributed by atoms with E-state index in [0.717, 1.165) is 5.70 Å². The summed E-state index contributed by atoms with van der Waals surface area (Å²) >= 11 is 0. The molecule has 2 N–H and O–H groups in total. The van der Waals surface area contributed by atoms with Gasteiger partial charge in [-0.3, -0.25) is 0 Å². The number of hydrogen-bond donors (Lipinski definition) is 1. The van der Waals surface area contributed by atoms with Crippen molar-refractivity contribution in [1.82, 2.24) is 4.90 Å². The van der Waals surface area contributed by atoms with Crippen molar-refractivity contribution in [2.75, 3.05) is 7.05 Å². The number of allylic oxidation sites excluding steroid dienone is 1. The van der Waals surface area contributed by atoms with Gasteiger partial charge in [0.25, 0.3) is 0 Å². The Morgan fingerprint density at radius 3 is 2.40 bits per heavy atom. The SMILES string of the molecule is C=CN(C)/C=C(\N)C(C)C. The zero-order chi connectivity index (χ0) is 8.15. The van der Waals surface area contributed by atoms with Crippen LogP contribution < -0.4 is 5.73 Å². The molecular weight excluding hydrogens is 124 g/mol. The van der Waals surface area contributed by atoms with Crippen molar-refractivity contribution >= 4 is 0 Å². The largest absolute Gasteiger partial charge is 0.401 e. The van der Waals surface area contributed by atoms with E-state index >= 15 is 0 Å². The third kappa shape index (κ3) is 3.17. The lowest BCUT2D eigenvalue weighted by molar-refractivity contribution is 0.600. The van der Waals surface area contributed by atoms with Gasteiger partial charge < -0.3 is 10.6 Å². The van der Waals surface area contributed by atoms with Gasteiger partial charge in [0.15, 0.2) is 0 Å². The molecule has 0 radical (unpaired) electrons. The minimum absolute atomic E-state index is 0.405. The van der Waals surface area contributed by atoms with Crippen molar-refractivity contribution < 1.29 is 0 Å². The molecule has 0 aliphatic rings. The predicted octanol–water partition coefficient (Wildman–Crippen LogP) is 1.52. The highest BCUT2D eigenvalue weighted by Gasteiger charge is 1.95. The van der Waals surface area contributed by atoms with Crippen LogP contribution in [0.15, 0.2) is 24.7 Å². The van der Waals surface area contributed by atoms with Gasteiger partial charge in [0.2, 0.25) is 0 Å². The zero-order valence-electron chi connectivity index (χ0n) is 6.96. The van der Waals surface area contributed by atoms with Crippen LogP contribution in [-0.4, -0.2) is 11.9 Å². The van der Waals surface area contributed by atoms with Gasteiger partial charge in [0, 0.05) is 18.9 Å². The normalized spacial score (nSPS) is 11.8. The summed E-state index contributed by atoms with van der Waals surface area (Å²) in [6.07, 6.45) is 3.59. The van der Waals surface area contributed by atoms with E-state index < -0.39 is 0 Å². The van der Waals surface area contributed by atoms with E-state index in [1.54, 1.807) is 6.20 Å². The van der Waals surface area contributed by atoms with Crippen molar-refractivity contribution in [2.45, 2.75) is 13.8 Å². The van der Waals surface area contributed by atoms with Crippen LogP contribution in [0.5, 0.6) is 0 Å². The number of hydrogen-bond acceptors (Lipinski definition) is 2. The second-order valence-electron chi connectivity index (χ2n) is 2.63. The van der Waals surface area contributed by atoms with Crippen LogP contribution in [0.1, 0.15) is 13.8 Å². The van der Waals surface area contributed by atoms with Crippen LogP contribution in [0.4, 0.5) is 0 Å². The molecule has 0 rings (SSSR count). The van der Waals surface area contributed by atoms with Gasteiger partial charge in [-0.05, 0) is 12.1 Å². The summed E-state index contributed by atoms with van der Waals surface area (Å²) in [5, 5.41) is 0. The van der Waals surface area contributed by atoms with Gasteiger partial charge in [-0.15, -0.1) is 0 Å². The standard InChI is InChI=1S/C8H16N2/c1-5-10(4)6-8(9)7(2)3/h5-7H,1,9H2,2-4H3/b8-6-. The molecule has 10 heavy (non-hydrogen) atoms. The quantitative estimate of drug-likeness (QED) is 0.644. The predicted molar refractivity (Wildman–Crippen MR) is 45.1 cm³/mol. The maximum Gasteiger partial charge on any atom is 0.0271 e. The average molecular weight is 140 g/mol. The molecule has 0 atom stereocenters. The molecule has 2 nitrogen and oxygen atoms in total. The summed E-state index contributed by atoms with van der Waals surface area (Å²) < 4.78 is 0. The van der Waals surface area contributed by atoms with Crippen molar-refractivity contribution in [1.29, 1.82) is 0 Å². The van der Waals surface area contributed by atoms with E-state index in [0.29, 0.717) is 5.92 Å². The first-order valence-corrected chi connectivity index (χ1v) is 3.39. The molecule has 0 heterocycles. The Labute approximate surface area is 63.0 Å². The van der Waals surface area contributed by atoms with E-state index in [9.17, 15) is 0 Å². The van der Waals surface area contributed by atoms with Gasteiger partial charge >= 0.3 is 0 Å². The van der Waals surface area contributed by atoms with Crippen molar-refractivity contribution in [3.63, 3.8) is 0 Å². The molecule has 58 valence electrons. The van der Waals surface area contributed by atoms with Crippen LogP contribution in [0.3, 0.4) is 0 Å². The van der Waals surface area contributed by atoms with Crippen molar-refractivity contribution in [2.24, 2.45) is 11.7 Å². The monoisotopic (exact) mass is 140 g/mol. The molecule has 0 aromatic heterocycles. The number of nitrogens with two attached hydrogens (primary N) is 1. The Morgan fingerprint density at radius 2 is 2.10 bits per heavy atom. The summed E-state index contributed by atoms with van der Waals surface area (Å²) in [7, 11) is 1.90. The second kappa shape index (κ2) is 3.99. The smallest absolute Gasteiger partial charge is 0.0271 e. The number of rotatable bonds is 3. The maximum atomic E-state index is 5.66. The second-order valence-corrected chi connectivity index (χ2v) is 2.63. The first kappa shape index (κ1) is 9.08. The molecule has 0 spiro atoms. The topological polar surface area (TPSA) is 29.3 Å². The fraction of sp³-hybridized carbons (Fsp3) is 0.500. The maximum absolute atomic E-state index is 5.66. The van der Waals surface area contributed by atoms with Crippen LogP contribution in [0.2, 0.25) is 0 Å². The zero-order valence-corrected chi connectivity index (χ0v) is 6.96. The Balaban J connectivity index is 4.01.